The largest absolute Gasteiger partial charge is 0.481 e. The van der Waals surface area contributed by atoms with Crippen molar-refractivity contribution in [3.63, 3.8) is 0 Å². The van der Waals surface area contributed by atoms with Gasteiger partial charge in [-0.3, -0.25) is 4.79 Å². The molecule has 1 aliphatic rings. The summed E-state index contributed by atoms with van der Waals surface area (Å²) in [6.07, 6.45) is 1.18. The third-order valence-electron chi connectivity index (χ3n) is 3.21. The lowest BCUT2D eigenvalue weighted by atomic mass is 10.0. The second kappa shape index (κ2) is 6.84. The molecule has 1 saturated heterocycles. The summed E-state index contributed by atoms with van der Waals surface area (Å²) in [6, 6.07) is 1.92. The van der Waals surface area contributed by atoms with E-state index >= 15 is 0 Å². The average Bonchev–Trinajstić information content (AvgIpc) is 2.39. The normalized spacial score (nSPS) is 21.2. The molecule has 1 rings (SSSR count). The van der Waals surface area contributed by atoms with E-state index < -0.39 is 22.1 Å². The quantitative estimate of drug-likeness (QED) is 0.756. The van der Waals surface area contributed by atoms with Gasteiger partial charge in [0.05, 0.1) is 12.0 Å². The minimum atomic E-state index is -3.66. The van der Waals surface area contributed by atoms with E-state index in [4.69, 9.17) is 10.4 Å². The summed E-state index contributed by atoms with van der Waals surface area (Å²) >= 11 is 0. The second-order valence-electron chi connectivity index (χ2n) is 4.44. The van der Waals surface area contributed by atoms with Crippen molar-refractivity contribution in [3.8, 4) is 6.07 Å². The first-order valence-corrected chi connectivity index (χ1v) is 7.68. The lowest BCUT2D eigenvalue weighted by molar-refractivity contribution is -0.142. The maximum Gasteiger partial charge on any atom is 0.307 e. The molecule has 108 valence electrons. The standard InChI is InChI=1S/C11H19N3O4S/c1-2-13(8-4-6-12)19(17,18)14-7-3-5-10(9-14)11(15)16/h10H,2-5,7-9H2,1H3,(H,15,16). The summed E-state index contributed by atoms with van der Waals surface area (Å²) in [5, 5.41) is 17.5. The van der Waals surface area contributed by atoms with Crippen molar-refractivity contribution in [2.45, 2.75) is 26.2 Å². The van der Waals surface area contributed by atoms with E-state index in [1.165, 1.54) is 8.61 Å². The molecule has 0 amide bonds. The predicted molar refractivity (Wildman–Crippen MR) is 68.3 cm³/mol. The van der Waals surface area contributed by atoms with E-state index in [2.05, 4.69) is 0 Å². The number of aliphatic carboxylic acids is 1. The Morgan fingerprint density at radius 2 is 2.26 bits per heavy atom. The van der Waals surface area contributed by atoms with Crippen LogP contribution in [0.3, 0.4) is 0 Å². The molecule has 0 radical (unpaired) electrons. The Hall–Kier alpha value is -1.17. The number of carboxylic acids is 1. The zero-order valence-corrected chi connectivity index (χ0v) is 11.8. The molecule has 0 spiro atoms. The first-order valence-electron chi connectivity index (χ1n) is 6.28. The lowest BCUT2D eigenvalue weighted by Crippen LogP contribution is -2.49. The molecule has 1 atom stereocenters. The molecule has 0 aliphatic carbocycles. The molecule has 1 N–H and O–H groups in total. The van der Waals surface area contributed by atoms with Gasteiger partial charge in [-0.1, -0.05) is 6.92 Å². The molecule has 1 unspecified atom stereocenters. The Kier molecular flexibility index (Phi) is 5.72. The fourth-order valence-electron chi connectivity index (χ4n) is 2.13. The van der Waals surface area contributed by atoms with Crippen LogP contribution in [0.5, 0.6) is 0 Å². The fourth-order valence-corrected chi connectivity index (χ4v) is 3.83. The number of piperidine rings is 1. The van der Waals surface area contributed by atoms with Gasteiger partial charge in [0.15, 0.2) is 0 Å². The third kappa shape index (κ3) is 3.89. The highest BCUT2D eigenvalue weighted by atomic mass is 32.2. The maximum atomic E-state index is 12.3. The molecule has 19 heavy (non-hydrogen) atoms. The van der Waals surface area contributed by atoms with Gasteiger partial charge >= 0.3 is 5.97 Å². The zero-order chi connectivity index (χ0) is 14.5. The first kappa shape index (κ1) is 15.9. The Balaban J connectivity index is 2.80. The van der Waals surface area contributed by atoms with Gasteiger partial charge in [0.25, 0.3) is 10.2 Å². The number of hydrogen-bond acceptors (Lipinski definition) is 4. The van der Waals surface area contributed by atoms with Crippen LogP contribution >= 0.6 is 0 Å². The van der Waals surface area contributed by atoms with E-state index in [0.29, 0.717) is 19.4 Å². The maximum absolute atomic E-state index is 12.3. The van der Waals surface area contributed by atoms with Crippen molar-refractivity contribution in [2.24, 2.45) is 5.92 Å². The van der Waals surface area contributed by atoms with Crippen LogP contribution in [0.2, 0.25) is 0 Å². The zero-order valence-electron chi connectivity index (χ0n) is 10.9. The smallest absolute Gasteiger partial charge is 0.307 e. The number of hydrogen-bond donors (Lipinski definition) is 1. The van der Waals surface area contributed by atoms with E-state index in [9.17, 15) is 13.2 Å². The molecular weight excluding hydrogens is 270 g/mol. The van der Waals surface area contributed by atoms with Gasteiger partial charge in [-0.25, -0.2) is 0 Å². The highest BCUT2D eigenvalue weighted by Gasteiger charge is 2.35. The number of nitrogens with zero attached hydrogens (tertiary/aromatic N) is 3. The number of rotatable bonds is 6. The molecule has 0 saturated carbocycles. The monoisotopic (exact) mass is 289 g/mol. The summed E-state index contributed by atoms with van der Waals surface area (Å²) in [4.78, 5) is 11.0. The van der Waals surface area contributed by atoms with Crippen LogP contribution in [0.4, 0.5) is 0 Å². The molecule has 8 heteroatoms. The lowest BCUT2D eigenvalue weighted by Gasteiger charge is -2.33. The second-order valence-corrected chi connectivity index (χ2v) is 6.37. The summed E-state index contributed by atoms with van der Waals surface area (Å²) in [5.41, 5.74) is 0. The molecule has 0 aromatic carbocycles. The minimum Gasteiger partial charge on any atom is -0.481 e. The van der Waals surface area contributed by atoms with Gasteiger partial charge in [0.2, 0.25) is 0 Å². The SMILES string of the molecule is CCN(CCC#N)S(=O)(=O)N1CCCC(C(=O)O)C1. The average molecular weight is 289 g/mol. The summed E-state index contributed by atoms with van der Waals surface area (Å²) in [6.45, 7) is 2.48. The molecule has 1 aliphatic heterocycles. The topological polar surface area (TPSA) is 102 Å². The Morgan fingerprint density at radius 1 is 1.58 bits per heavy atom. The van der Waals surface area contributed by atoms with Crippen LogP contribution in [0.1, 0.15) is 26.2 Å². The van der Waals surface area contributed by atoms with E-state index in [-0.39, 0.29) is 26.1 Å². The molecule has 0 aromatic heterocycles. The molecule has 1 heterocycles. The summed E-state index contributed by atoms with van der Waals surface area (Å²) < 4.78 is 27.1. The van der Waals surface area contributed by atoms with Crippen LogP contribution in [0.25, 0.3) is 0 Å². The number of nitriles is 1. The Morgan fingerprint density at radius 3 is 2.79 bits per heavy atom. The van der Waals surface area contributed by atoms with Gasteiger partial charge < -0.3 is 5.11 Å². The van der Waals surface area contributed by atoms with Crippen LogP contribution in [0, 0.1) is 17.2 Å². The van der Waals surface area contributed by atoms with E-state index in [0.717, 1.165) is 0 Å². The van der Waals surface area contributed by atoms with Crippen molar-refractivity contribution >= 4 is 16.2 Å². The van der Waals surface area contributed by atoms with Crippen molar-refractivity contribution in [1.29, 1.82) is 5.26 Å². The summed E-state index contributed by atoms with van der Waals surface area (Å²) in [5.74, 6) is -1.60. The van der Waals surface area contributed by atoms with Gasteiger partial charge in [-0.05, 0) is 12.8 Å². The fraction of sp³-hybridized carbons (Fsp3) is 0.818. The van der Waals surface area contributed by atoms with Crippen molar-refractivity contribution in [1.82, 2.24) is 8.61 Å². The van der Waals surface area contributed by atoms with Crippen molar-refractivity contribution in [2.75, 3.05) is 26.2 Å². The minimum absolute atomic E-state index is 0.0146. The van der Waals surface area contributed by atoms with Gasteiger partial charge in [-0.15, -0.1) is 0 Å². The van der Waals surface area contributed by atoms with E-state index in [1.807, 2.05) is 6.07 Å². The molecule has 0 bridgehead atoms. The van der Waals surface area contributed by atoms with Crippen LogP contribution < -0.4 is 0 Å². The molecule has 1 fully saturated rings. The molecular formula is C11H19N3O4S. The van der Waals surface area contributed by atoms with Crippen molar-refractivity contribution < 1.29 is 18.3 Å². The predicted octanol–water partition coefficient (Wildman–Crippen LogP) is 0.263. The molecule has 0 aromatic rings. The summed E-state index contributed by atoms with van der Waals surface area (Å²) in [7, 11) is -3.66. The van der Waals surface area contributed by atoms with Crippen LogP contribution in [0.15, 0.2) is 0 Å². The third-order valence-corrected chi connectivity index (χ3v) is 5.29. The van der Waals surface area contributed by atoms with Crippen LogP contribution in [-0.2, 0) is 15.0 Å². The first-order chi connectivity index (χ1) is 8.93. The Labute approximate surface area is 113 Å². The number of carboxylic acid groups (broad SMARTS) is 1. The Bertz CT molecular complexity index is 457. The van der Waals surface area contributed by atoms with E-state index in [1.54, 1.807) is 6.92 Å². The molecule has 7 nitrogen and oxygen atoms in total. The van der Waals surface area contributed by atoms with Crippen molar-refractivity contribution in [3.05, 3.63) is 0 Å². The highest BCUT2D eigenvalue weighted by molar-refractivity contribution is 7.86. The number of carbonyl (C=O) groups is 1. The van der Waals surface area contributed by atoms with Gasteiger partial charge in [0, 0.05) is 32.6 Å². The highest BCUT2D eigenvalue weighted by Crippen LogP contribution is 2.21. The van der Waals surface area contributed by atoms with Gasteiger partial charge in [-0.2, -0.15) is 22.3 Å². The van der Waals surface area contributed by atoms with Crippen LogP contribution in [-0.4, -0.2) is 54.3 Å². The van der Waals surface area contributed by atoms with Gasteiger partial charge in [0.1, 0.15) is 0 Å².